The third-order valence-corrected chi connectivity index (χ3v) is 7.10. The summed E-state index contributed by atoms with van der Waals surface area (Å²) in [4.78, 5) is 12.4. The second kappa shape index (κ2) is 7.07. The second-order valence-electron chi connectivity index (χ2n) is 11.3. The van der Waals surface area contributed by atoms with Crippen molar-refractivity contribution >= 4 is 6.09 Å². The largest absolute Gasteiger partial charge is 0.413 e. The Bertz CT molecular complexity index is 757. The van der Waals surface area contributed by atoms with Gasteiger partial charge in [0.05, 0.1) is 0 Å². The summed E-state index contributed by atoms with van der Waals surface area (Å²) >= 11 is 0. The molecule has 0 saturated heterocycles. The summed E-state index contributed by atoms with van der Waals surface area (Å²) in [6, 6.07) is 4.31. The van der Waals surface area contributed by atoms with Crippen LogP contribution in [0, 0.1) is 11.3 Å². The zero-order valence-corrected chi connectivity index (χ0v) is 19.2. The van der Waals surface area contributed by atoms with Gasteiger partial charge in [-0.3, -0.25) is 0 Å². The monoisotopic (exact) mass is 385 g/mol. The van der Waals surface area contributed by atoms with Gasteiger partial charge in [-0.1, -0.05) is 47.1 Å². The van der Waals surface area contributed by atoms with E-state index >= 15 is 0 Å². The highest BCUT2D eigenvalue weighted by molar-refractivity contribution is 5.72. The zero-order valence-electron chi connectivity index (χ0n) is 19.2. The maximum absolute atomic E-state index is 12.4. The van der Waals surface area contributed by atoms with Gasteiger partial charge in [-0.2, -0.15) is 0 Å². The molecule has 1 amide bonds. The van der Waals surface area contributed by atoms with Gasteiger partial charge in [-0.05, 0) is 86.3 Å². The molecule has 0 spiro atoms. The molecule has 1 aromatic rings. The average Bonchev–Trinajstić information content (AvgIpc) is 2.51. The number of ether oxygens (including phenoxy) is 1. The number of hydrogen-bond acceptors (Lipinski definition) is 2. The molecule has 156 valence electrons. The van der Waals surface area contributed by atoms with E-state index in [-0.39, 0.29) is 17.0 Å². The van der Waals surface area contributed by atoms with Gasteiger partial charge in [0.25, 0.3) is 0 Å². The van der Waals surface area contributed by atoms with Gasteiger partial charge in [0, 0.05) is 11.1 Å². The fourth-order valence-corrected chi connectivity index (χ4v) is 6.04. The van der Waals surface area contributed by atoms with Crippen LogP contribution in [0.4, 0.5) is 4.79 Å². The predicted molar refractivity (Wildman–Crippen MR) is 116 cm³/mol. The Hall–Kier alpha value is -1.51. The van der Waals surface area contributed by atoms with E-state index in [1.807, 2.05) is 26.8 Å². The number of amides is 1. The first-order chi connectivity index (χ1) is 12.8. The molecular formula is C25H39NO2. The van der Waals surface area contributed by atoms with E-state index in [4.69, 9.17) is 4.74 Å². The summed E-state index contributed by atoms with van der Waals surface area (Å²) in [6.45, 7) is 17.7. The number of hydrogen-bond donors (Lipinski definition) is 1. The highest BCUT2D eigenvalue weighted by atomic mass is 16.6. The molecule has 0 bridgehead atoms. The molecule has 3 rings (SSSR count). The van der Waals surface area contributed by atoms with Crippen molar-refractivity contribution in [3.8, 4) is 5.75 Å². The minimum absolute atomic E-state index is 0.227. The standard InChI is InChI=1S/C25H39NO2/c1-16(2)21-17-10-13-20-24(6,7)14-9-15-25(20,8)18(17)11-12-19(21)28-22(27)26-23(3,4)5/h11-12,16,20H,9-10,13-15H2,1-8H3,(H,26,27)/t20?,25-/m1/s1. The van der Waals surface area contributed by atoms with E-state index in [0.717, 1.165) is 18.1 Å². The molecule has 3 nitrogen and oxygen atoms in total. The molecule has 1 saturated carbocycles. The molecule has 28 heavy (non-hydrogen) atoms. The molecule has 1 aromatic carbocycles. The van der Waals surface area contributed by atoms with Crippen molar-refractivity contribution in [2.75, 3.05) is 0 Å². The predicted octanol–water partition coefficient (Wildman–Crippen LogP) is 6.73. The van der Waals surface area contributed by atoms with E-state index in [9.17, 15) is 4.79 Å². The van der Waals surface area contributed by atoms with Crippen LogP contribution in [-0.4, -0.2) is 11.6 Å². The van der Waals surface area contributed by atoms with Gasteiger partial charge in [-0.15, -0.1) is 0 Å². The van der Waals surface area contributed by atoms with Crippen LogP contribution in [0.2, 0.25) is 0 Å². The van der Waals surface area contributed by atoms with Crippen molar-refractivity contribution in [2.24, 2.45) is 11.3 Å². The minimum Gasteiger partial charge on any atom is -0.410 e. The van der Waals surface area contributed by atoms with Gasteiger partial charge < -0.3 is 10.1 Å². The smallest absolute Gasteiger partial charge is 0.410 e. The lowest BCUT2D eigenvalue weighted by atomic mass is 9.50. The third-order valence-electron chi connectivity index (χ3n) is 7.10. The van der Waals surface area contributed by atoms with Crippen molar-refractivity contribution in [1.29, 1.82) is 0 Å². The second-order valence-corrected chi connectivity index (χ2v) is 11.3. The summed E-state index contributed by atoms with van der Waals surface area (Å²) in [5, 5.41) is 2.92. The zero-order chi connectivity index (χ0) is 20.9. The summed E-state index contributed by atoms with van der Waals surface area (Å²) in [7, 11) is 0. The maximum Gasteiger partial charge on any atom is 0.413 e. The van der Waals surface area contributed by atoms with Crippen molar-refractivity contribution in [3.63, 3.8) is 0 Å². The normalized spacial score (nSPS) is 26.4. The molecule has 2 aliphatic rings. The van der Waals surface area contributed by atoms with E-state index < -0.39 is 0 Å². The van der Waals surface area contributed by atoms with E-state index in [2.05, 4.69) is 46.0 Å². The van der Waals surface area contributed by atoms with E-state index in [0.29, 0.717) is 11.3 Å². The van der Waals surface area contributed by atoms with Crippen LogP contribution in [0.25, 0.3) is 0 Å². The number of carbonyl (C=O) groups excluding carboxylic acids is 1. The molecule has 3 heteroatoms. The molecule has 1 fully saturated rings. The minimum atomic E-state index is -0.368. The first-order valence-electron chi connectivity index (χ1n) is 11.0. The number of fused-ring (bicyclic) bond motifs is 3. The number of nitrogens with one attached hydrogen (secondary N) is 1. The summed E-state index contributed by atoms with van der Waals surface area (Å²) in [5.41, 5.74) is 4.48. The summed E-state index contributed by atoms with van der Waals surface area (Å²) in [6.07, 6.45) is 5.83. The number of benzene rings is 1. The Morgan fingerprint density at radius 2 is 1.86 bits per heavy atom. The molecule has 0 heterocycles. The Labute approximate surface area is 171 Å². The van der Waals surface area contributed by atoms with Crippen LogP contribution in [0.5, 0.6) is 5.75 Å². The highest BCUT2D eigenvalue weighted by Crippen LogP contribution is 2.58. The van der Waals surface area contributed by atoms with Crippen LogP contribution >= 0.6 is 0 Å². The number of carbonyl (C=O) groups is 1. The molecule has 1 N–H and O–H groups in total. The van der Waals surface area contributed by atoms with Crippen molar-refractivity contribution in [2.45, 2.75) is 104 Å². The fraction of sp³-hybridized carbons (Fsp3) is 0.720. The molecule has 1 unspecified atom stereocenters. The summed E-state index contributed by atoms with van der Waals surface area (Å²) in [5.74, 6) is 1.77. The quantitative estimate of drug-likeness (QED) is 0.613. The van der Waals surface area contributed by atoms with E-state index in [1.165, 1.54) is 42.4 Å². The Morgan fingerprint density at radius 3 is 2.46 bits per heavy atom. The lowest BCUT2D eigenvalue weighted by Crippen LogP contribution is -2.48. The molecule has 2 aliphatic carbocycles. The molecule has 2 atom stereocenters. The maximum atomic E-state index is 12.4. The van der Waals surface area contributed by atoms with Crippen molar-refractivity contribution < 1.29 is 9.53 Å². The van der Waals surface area contributed by atoms with Crippen LogP contribution in [-0.2, 0) is 11.8 Å². The van der Waals surface area contributed by atoms with Crippen molar-refractivity contribution in [3.05, 3.63) is 28.8 Å². The Morgan fingerprint density at radius 1 is 1.18 bits per heavy atom. The molecular weight excluding hydrogens is 346 g/mol. The van der Waals surface area contributed by atoms with Crippen LogP contribution in [0.3, 0.4) is 0 Å². The highest BCUT2D eigenvalue weighted by Gasteiger charge is 2.50. The van der Waals surface area contributed by atoms with Gasteiger partial charge in [0.15, 0.2) is 0 Å². The topological polar surface area (TPSA) is 38.3 Å². The first-order valence-corrected chi connectivity index (χ1v) is 11.0. The fourth-order valence-electron chi connectivity index (χ4n) is 6.04. The van der Waals surface area contributed by atoms with Crippen LogP contribution in [0.15, 0.2) is 12.1 Å². The van der Waals surface area contributed by atoms with Crippen molar-refractivity contribution in [1.82, 2.24) is 5.32 Å². The summed E-state index contributed by atoms with van der Waals surface area (Å²) < 4.78 is 5.81. The third kappa shape index (κ3) is 3.82. The average molecular weight is 386 g/mol. The van der Waals surface area contributed by atoms with Crippen LogP contribution < -0.4 is 10.1 Å². The van der Waals surface area contributed by atoms with Gasteiger partial charge in [-0.25, -0.2) is 4.79 Å². The molecule has 0 aliphatic heterocycles. The Kier molecular flexibility index (Phi) is 5.36. The van der Waals surface area contributed by atoms with Gasteiger partial charge in [0.1, 0.15) is 5.75 Å². The van der Waals surface area contributed by atoms with Crippen LogP contribution in [0.1, 0.15) is 104 Å². The lowest BCUT2D eigenvalue weighted by Gasteiger charge is -2.54. The Balaban J connectivity index is 2.02. The number of rotatable bonds is 2. The molecule has 0 radical (unpaired) electrons. The van der Waals surface area contributed by atoms with Gasteiger partial charge >= 0.3 is 6.09 Å². The lowest BCUT2D eigenvalue weighted by molar-refractivity contribution is 0.0404. The SMILES string of the molecule is CC(C)c1c(OC(=O)NC(C)(C)C)ccc2c1CCC1C(C)(C)CCC[C@]21C. The molecule has 0 aromatic heterocycles. The first kappa shape index (κ1) is 21.2. The van der Waals surface area contributed by atoms with Gasteiger partial charge in [0.2, 0.25) is 0 Å². The van der Waals surface area contributed by atoms with E-state index in [1.54, 1.807) is 0 Å².